The summed E-state index contributed by atoms with van der Waals surface area (Å²) >= 11 is 0. The lowest BCUT2D eigenvalue weighted by atomic mass is 9.98. The summed E-state index contributed by atoms with van der Waals surface area (Å²) in [5.41, 5.74) is 0.519. The number of amides is 2. The van der Waals surface area contributed by atoms with E-state index in [0.29, 0.717) is 12.2 Å². The molecule has 3 N–H and O–H groups in total. The van der Waals surface area contributed by atoms with Crippen molar-refractivity contribution < 1.29 is 9.90 Å². The Balaban J connectivity index is 1.99. The van der Waals surface area contributed by atoms with Gasteiger partial charge in [-0.25, -0.2) is 4.79 Å². The molecule has 1 heterocycles. The molecule has 2 unspecified atom stereocenters. The van der Waals surface area contributed by atoms with Gasteiger partial charge in [0.05, 0.1) is 18.2 Å². The summed E-state index contributed by atoms with van der Waals surface area (Å²) in [6.07, 6.45) is 3.42. The van der Waals surface area contributed by atoms with E-state index < -0.39 is 5.54 Å². The molecular weight excluding hydrogens is 304 g/mol. The minimum atomic E-state index is -0.626. The highest BCUT2D eigenvalue weighted by molar-refractivity contribution is 5.88. The molecule has 2 atom stereocenters. The van der Waals surface area contributed by atoms with Crippen molar-refractivity contribution in [3.8, 4) is 0 Å². The molecule has 0 aliphatic carbocycles. The third-order valence-corrected chi connectivity index (χ3v) is 4.09. The normalized spacial score (nSPS) is 14.7. The van der Waals surface area contributed by atoms with E-state index in [1.54, 1.807) is 6.07 Å². The van der Waals surface area contributed by atoms with Crippen LogP contribution in [-0.2, 0) is 0 Å². The molecule has 0 aliphatic rings. The van der Waals surface area contributed by atoms with Gasteiger partial charge < -0.3 is 10.4 Å². The maximum Gasteiger partial charge on any atom is 0.320 e. The number of rotatable bonds is 7. The van der Waals surface area contributed by atoms with Gasteiger partial charge in [-0.1, -0.05) is 43.7 Å². The average molecular weight is 330 g/mol. The summed E-state index contributed by atoms with van der Waals surface area (Å²) in [5, 5.41) is 19.4. The Morgan fingerprint density at radius 1 is 1.33 bits per heavy atom. The fraction of sp³-hybridized carbons (Fsp3) is 0.444. The number of nitrogens with one attached hydrogen (secondary N) is 2. The van der Waals surface area contributed by atoms with Crippen molar-refractivity contribution >= 4 is 11.8 Å². The molecule has 1 aromatic carbocycles. The monoisotopic (exact) mass is 330 g/mol. The van der Waals surface area contributed by atoms with E-state index in [2.05, 4.69) is 22.7 Å². The zero-order valence-electron chi connectivity index (χ0n) is 14.5. The number of aliphatic hydroxyl groups excluding tert-OH is 1. The number of carbonyl (C=O) groups is 1. The minimum Gasteiger partial charge on any atom is -0.394 e. The van der Waals surface area contributed by atoms with Crippen LogP contribution in [0.15, 0.2) is 42.6 Å². The molecular formula is C18H26N4O2. The molecule has 24 heavy (non-hydrogen) atoms. The molecule has 2 amide bonds. The maximum atomic E-state index is 12.1. The second-order valence-corrected chi connectivity index (χ2v) is 6.32. The standard InChI is InChI=1S/C18H26N4O2/c1-4-11-18(3,13-23)20-17(24)19-16-10-12-22(21-16)14(2)15-8-6-5-7-9-15/h5-10,12,14,23H,4,11,13H2,1-3H3,(H2,19,20,21,24). The number of anilines is 1. The van der Waals surface area contributed by atoms with Gasteiger partial charge in [0.25, 0.3) is 0 Å². The molecule has 0 aliphatic heterocycles. The van der Waals surface area contributed by atoms with Crippen LogP contribution in [0.25, 0.3) is 0 Å². The van der Waals surface area contributed by atoms with Crippen LogP contribution in [-0.4, -0.2) is 33.1 Å². The quantitative estimate of drug-likeness (QED) is 0.729. The van der Waals surface area contributed by atoms with Crippen LogP contribution in [0.5, 0.6) is 0 Å². The number of aromatic nitrogens is 2. The largest absolute Gasteiger partial charge is 0.394 e. The minimum absolute atomic E-state index is 0.0765. The van der Waals surface area contributed by atoms with Gasteiger partial charge in [-0.05, 0) is 25.8 Å². The number of carbonyl (C=O) groups excluding carboxylic acids is 1. The van der Waals surface area contributed by atoms with Crippen LogP contribution in [0.4, 0.5) is 10.6 Å². The van der Waals surface area contributed by atoms with Crippen molar-refractivity contribution in [2.75, 3.05) is 11.9 Å². The molecule has 2 aromatic rings. The van der Waals surface area contributed by atoms with Crippen LogP contribution < -0.4 is 10.6 Å². The number of hydrogen-bond donors (Lipinski definition) is 3. The number of benzene rings is 1. The van der Waals surface area contributed by atoms with Gasteiger partial charge in [0.1, 0.15) is 0 Å². The molecule has 0 saturated carbocycles. The molecule has 0 saturated heterocycles. The topological polar surface area (TPSA) is 79.2 Å². The molecule has 0 radical (unpaired) electrons. The summed E-state index contributed by atoms with van der Waals surface area (Å²) in [5.74, 6) is 0.479. The van der Waals surface area contributed by atoms with Crippen molar-refractivity contribution in [1.29, 1.82) is 0 Å². The Labute approximate surface area is 142 Å². The van der Waals surface area contributed by atoms with Crippen molar-refractivity contribution in [2.45, 2.75) is 45.2 Å². The van der Waals surface area contributed by atoms with Gasteiger partial charge in [-0.3, -0.25) is 10.00 Å². The predicted molar refractivity (Wildman–Crippen MR) is 95.0 cm³/mol. The first-order valence-corrected chi connectivity index (χ1v) is 8.27. The van der Waals surface area contributed by atoms with Gasteiger partial charge >= 0.3 is 6.03 Å². The second kappa shape index (κ2) is 7.97. The Morgan fingerprint density at radius 2 is 2.04 bits per heavy atom. The fourth-order valence-corrected chi connectivity index (χ4v) is 2.66. The Morgan fingerprint density at radius 3 is 2.67 bits per heavy atom. The van der Waals surface area contributed by atoms with Crippen molar-refractivity contribution in [3.63, 3.8) is 0 Å². The average Bonchev–Trinajstić information content (AvgIpc) is 3.03. The lowest BCUT2D eigenvalue weighted by Crippen LogP contribution is -2.50. The van der Waals surface area contributed by atoms with E-state index in [1.807, 2.05) is 55.1 Å². The summed E-state index contributed by atoms with van der Waals surface area (Å²) in [6, 6.07) is 11.5. The number of nitrogens with zero attached hydrogens (tertiary/aromatic N) is 2. The van der Waals surface area contributed by atoms with E-state index in [1.165, 1.54) is 0 Å². The first-order chi connectivity index (χ1) is 11.5. The van der Waals surface area contributed by atoms with Crippen LogP contribution in [0.2, 0.25) is 0 Å². The van der Waals surface area contributed by atoms with E-state index in [-0.39, 0.29) is 18.7 Å². The van der Waals surface area contributed by atoms with Gasteiger partial charge in [0.15, 0.2) is 5.82 Å². The van der Waals surface area contributed by atoms with Gasteiger partial charge in [-0.2, -0.15) is 5.10 Å². The number of hydrogen-bond acceptors (Lipinski definition) is 3. The molecule has 1 aromatic heterocycles. The van der Waals surface area contributed by atoms with Crippen LogP contribution in [0, 0.1) is 0 Å². The van der Waals surface area contributed by atoms with Crippen LogP contribution >= 0.6 is 0 Å². The predicted octanol–water partition coefficient (Wildman–Crippen LogP) is 3.17. The fourth-order valence-electron chi connectivity index (χ4n) is 2.66. The first kappa shape index (κ1) is 18.0. The van der Waals surface area contributed by atoms with Gasteiger partial charge in [0.2, 0.25) is 0 Å². The molecule has 0 fully saturated rings. The lowest BCUT2D eigenvalue weighted by Gasteiger charge is -2.28. The third-order valence-electron chi connectivity index (χ3n) is 4.09. The Kier molecular flexibility index (Phi) is 5.98. The summed E-state index contributed by atoms with van der Waals surface area (Å²) in [4.78, 5) is 12.1. The Bertz CT molecular complexity index is 656. The molecule has 130 valence electrons. The number of urea groups is 1. The highest BCUT2D eigenvalue weighted by atomic mass is 16.3. The van der Waals surface area contributed by atoms with Crippen LogP contribution in [0.3, 0.4) is 0 Å². The summed E-state index contributed by atoms with van der Waals surface area (Å²) in [6.45, 7) is 5.79. The summed E-state index contributed by atoms with van der Waals surface area (Å²) < 4.78 is 1.81. The SMILES string of the molecule is CCCC(C)(CO)NC(=O)Nc1ccn(C(C)c2ccccc2)n1. The van der Waals surface area contributed by atoms with E-state index in [0.717, 1.165) is 12.0 Å². The zero-order chi connectivity index (χ0) is 17.6. The van der Waals surface area contributed by atoms with E-state index in [4.69, 9.17) is 0 Å². The Hall–Kier alpha value is -2.34. The molecule has 0 spiro atoms. The third kappa shape index (κ3) is 4.58. The molecule has 0 bridgehead atoms. The van der Waals surface area contributed by atoms with Crippen molar-refractivity contribution in [2.24, 2.45) is 0 Å². The highest BCUT2D eigenvalue weighted by Crippen LogP contribution is 2.18. The molecule has 6 nitrogen and oxygen atoms in total. The van der Waals surface area contributed by atoms with Crippen molar-refractivity contribution in [3.05, 3.63) is 48.2 Å². The summed E-state index contributed by atoms with van der Waals surface area (Å²) in [7, 11) is 0. The maximum absolute atomic E-state index is 12.1. The van der Waals surface area contributed by atoms with Crippen molar-refractivity contribution in [1.82, 2.24) is 15.1 Å². The van der Waals surface area contributed by atoms with Gasteiger partial charge in [-0.15, -0.1) is 0 Å². The first-order valence-electron chi connectivity index (χ1n) is 8.27. The molecule has 2 rings (SSSR count). The zero-order valence-corrected chi connectivity index (χ0v) is 14.5. The van der Waals surface area contributed by atoms with Gasteiger partial charge in [0, 0.05) is 12.3 Å². The van der Waals surface area contributed by atoms with Crippen LogP contribution in [0.1, 0.15) is 45.2 Å². The van der Waals surface area contributed by atoms with E-state index in [9.17, 15) is 9.90 Å². The lowest BCUT2D eigenvalue weighted by molar-refractivity contribution is 0.167. The second-order valence-electron chi connectivity index (χ2n) is 6.32. The number of aliphatic hydroxyl groups is 1. The smallest absolute Gasteiger partial charge is 0.320 e. The van der Waals surface area contributed by atoms with E-state index >= 15 is 0 Å². The highest BCUT2D eigenvalue weighted by Gasteiger charge is 2.24. The molecule has 6 heteroatoms.